The Kier molecular flexibility index (Phi) is 6.65. The summed E-state index contributed by atoms with van der Waals surface area (Å²) in [5.41, 5.74) is 3.18. The number of amides is 1. The quantitative estimate of drug-likeness (QED) is 0.606. The van der Waals surface area contributed by atoms with Crippen molar-refractivity contribution in [1.82, 2.24) is 20.2 Å². The average Bonchev–Trinajstić information content (AvgIpc) is 3.58. The number of piperazine rings is 1. The molecule has 2 atom stereocenters. The fourth-order valence-corrected chi connectivity index (χ4v) is 5.31. The van der Waals surface area contributed by atoms with E-state index in [1.54, 1.807) is 12.4 Å². The molecule has 1 saturated carbocycles. The SMILES string of the molecule is C[C@@H]1CCc2ncnc(N3CCN(C(=O)[C@H](CNCC4CC4)c4ccc(Br)c(F)c4)CC3)c21. The molecule has 5 rings (SSSR count). The van der Waals surface area contributed by atoms with Crippen LogP contribution in [-0.2, 0) is 11.2 Å². The standard InChI is InChI=1S/C25H31BrFN5O/c1-16-2-7-22-23(16)24(30-15-29-22)31-8-10-32(11-9-31)25(33)19(14-28-13-17-3-4-17)18-5-6-20(26)21(27)12-18/h5-6,12,15-17,19,28H,2-4,7-11,13-14H2,1H3/t16-,19-/m1/s1. The van der Waals surface area contributed by atoms with Crippen LogP contribution in [0.4, 0.5) is 10.2 Å². The maximum absolute atomic E-state index is 14.3. The van der Waals surface area contributed by atoms with E-state index in [-0.39, 0.29) is 17.6 Å². The van der Waals surface area contributed by atoms with Crippen molar-refractivity contribution < 1.29 is 9.18 Å². The Morgan fingerprint density at radius 2 is 2.00 bits per heavy atom. The maximum atomic E-state index is 14.3. The Hall–Kier alpha value is -2.06. The Bertz CT molecular complexity index is 1020. The summed E-state index contributed by atoms with van der Waals surface area (Å²) in [6, 6.07) is 5.05. The van der Waals surface area contributed by atoms with Crippen LogP contribution in [0.2, 0.25) is 0 Å². The average molecular weight is 516 g/mol. The van der Waals surface area contributed by atoms with Crippen LogP contribution in [0.25, 0.3) is 0 Å². The van der Waals surface area contributed by atoms with Crippen molar-refractivity contribution in [3.63, 3.8) is 0 Å². The van der Waals surface area contributed by atoms with Gasteiger partial charge in [-0.1, -0.05) is 13.0 Å². The van der Waals surface area contributed by atoms with E-state index >= 15 is 0 Å². The number of rotatable bonds is 7. The third-order valence-corrected chi connectivity index (χ3v) is 7.91. The number of anilines is 1. The van der Waals surface area contributed by atoms with E-state index in [0.717, 1.165) is 49.8 Å². The lowest BCUT2D eigenvalue weighted by Gasteiger charge is -2.38. The number of aromatic nitrogens is 2. The zero-order valence-corrected chi connectivity index (χ0v) is 20.7. The molecule has 0 spiro atoms. The van der Waals surface area contributed by atoms with Crippen LogP contribution in [0.3, 0.4) is 0 Å². The lowest BCUT2D eigenvalue weighted by atomic mass is 9.96. The van der Waals surface area contributed by atoms with E-state index < -0.39 is 0 Å². The van der Waals surface area contributed by atoms with Crippen molar-refractivity contribution in [1.29, 1.82) is 0 Å². The Morgan fingerprint density at radius 1 is 1.21 bits per heavy atom. The van der Waals surface area contributed by atoms with E-state index in [2.05, 4.69) is 43.0 Å². The molecule has 2 aromatic rings. The number of fused-ring (bicyclic) bond motifs is 1. The van der Waals surface area contributed by atoms with Crippen molar-refractivity contribution in [2.24, 2.45) is 5.92 Å². The molecule has 1 amide bonds. The van der Waals surface area contributed by atoms with Crippen molar-refractivity contribution in [2.45, 2.75) is 44.4 Å². The Morgan fingerprint density at radius 3 is 2.73 bits per heavy atom. The fourth-order valence-electron chi connectivity index (χ4n) is 5.06. The lowest BCUT2D eigenvalue weighted by molar-refractivity contribution is -0.133. The number of carbonyl (C=O) groups is 1. The maximum Gasteiger partial charge on any atom is 0.231 e. The number of hydrogen-bond donors (Lipinski definition) is 1. The molecule has 3 aliphatic rings. The van der Waals surface area contributed by atoms with Gasteiger partial charge in [-0.25, -0.2) is 14.4 Å². The highest BCUT2D eigenvalue weighted by atomic mass is 79.9. The summed E-state index contributed by atoms with van der Waals surface area (Å²) in [6.45, 7) is 6.49. The van der Waals surface area contributed by atoms with E-state index in [1.165, 1.54) is 30.2 Å². The highest BCUT2D eigenvalue weighted by Gasteiger charge is 2.32. The van der Waals surface area contributed by atoms with E-state index in [9.17, 15) is 9.18 Å². The molecule has 0 radical (unpaired) electrons. The third kappa shape index (κ3) is 4.92. The lowest BCUT2D eigenvalue weighted by Crippen LogP contribution is -2.51. The molecule has 2 fully saturated rings. The van der Waals surface area contributed by atoms with Crippen molar-refractivity contribution in [3.05, 3.63) is 51.6 Å². The molecule has 176 valence electrons. The zero-order chi connectivity index (χ0) is 22.9. The van der Waals surface area contributed by atoms with Crippen LogP contribution < -0.4 is 10.2 Å². The molecule has 1 aromatic carbocycles. The predicted molar refractivity (Wildman–Crippen MR) is 130 cm³/mol. The van der Waals surface area contributed by atoms with Crippen molar-refractivity contribution >= 4 is 27.7 Å². The summed E-state index contributed by atoms with van der Waals surface area (Å²) >= 11 is 3.22. The number of aryl methyl sites for hydroxylation is 1. The molecule has 2 heterocycles. The number of nitrogens with zero attached hydrogens (tertiary/aromatic N) is 4. The van der Waals surface area contributed by atoms with E-state index in [1.807, 2.05) is 11.0 Å². The molecule has 2 aliphatic carbocycles. The number of carbonyl (C=O) groups excluding carboxylic acids is 1. The molecular formula is C25H31BrFN5O. The van der Waals surface area contributed by atoms with Gasteiger partial charge < -0.3 is 15.1 Å². The number of benzene rings is 1. The molecule has 6 nitrogen and oxygen atoms in total. The van der Waals surface area contributed by atoms with Gasteiger partial charge in [-0.2, -0.15) is 0 Å². The van der Waals surface area contributed by atoms with Gasteiger partial charge in [0, 0.05) is 44.0 Å². The fraction of sp³-hybridized carbons (Fsp3) is 0.560. The van der Waals surface area contributed by atoms with Crippen LogP contribution in [0.5, 0.6) is 0 Å². The number of halogens is 2. The highest BCUT2D eigenvalue weighted by Crippen LogP contribution is 2.37. The first kappa shape index (κ1) is 22.7. The minimum absolute atomic E-state index is 0.0703. The van der Waals surface area contributed by atoms with Gasteiger partial charge in [0.1, 0.15) is 18.0 Å². The summed E-state index contributed by atoms with van der Waals surface area (Å²) in [5.74, 6) is 1.59. The molecular weight excluding hydrogens is 485 g/mol. The largest absolute Gasteiger partial charge is 0.353 e. The highest BCUT2D eigenvalue weighted by molar-refractivity contribution is 9.10. The molecule has 8 heteroatoms. The summed E-state index contributed by atoms with van der Waals surface area (Å²) in [4.78, 5) is 26.9. The molecule has 1 N–H and O–H groups in total. The molecule has 1 aliphatic heterocycles. The first-order valence-corrected chi connectivity index (χ1v) is 12.8. The molecule has 33 heavy (non-hydrogen) atoms. The smallest absolute Gasteiger partial charge is 0.231 e. The summed E-state index contributed by atoms with van der Waals surface area (Å²) in [5, 5.41) is 3.46. The summed E-state index contributed by atoms with van der Waals surface area (Å²) < 4.78 is 14.7. The number of hydrogen-bond acceptors (Lipinski definition) is 5. The van der Waals surface area contributed by atoms with Crippen LogP contribution >= 0.6 is 15.9 Å². The molecule has 1 aromatic heterocycles. The second-order valence-electron chi connectivity index (χ2n) is 9.64. The van der Waals surface area contributed by atoms with Gasteiger partial charge >= 0.3 is 0 Å². The van der Waals surface area contributed by atoms with E-state index in [0.29, 0.717) is 30.0 Å². The zero-order valence-electron chi connectivity index (χ0n) is 19.1. The summed E-state index contributed by atoms with van der Waals surface area (Å²) in [6.07, 6.45) is 6.33. The normalized spacial score (nSPS) is 21.2. The Labute approximate surface area is 203 Å². The van der Waals surface area contributed by atoms with Gasteiger partial charge in [0.15, 0.2) is 0 Å². The first-order valence-electron chi connectivity index (χ1n) is 12.0. The molecule has 1 saturated heterocycles. The van der Waals surface area contributed by atoms with Gasteiger partial charge in [0.2, 0.25) is 5.91 Å². The second-order valence-corrected chi connectivity index (χ2v) is 10.5. The minimum Gasteiger partial charge on any atom is -0.353 e. The van der Waals surface area contributed by atoms with Gasteiger partial charge in [0.25, 0.3) is 0 Å². The molecule has 0 unspecified atom stereocenters. The van der Waals surface area contributed by atoms with E-state index in [4.69, 9.17) is 0 Å². The molecule has 0 bridgehead atoms. The van der Waals surface area contributed by atoms with Gasteiger partial charge in [0.05, 0.1) is 10.4 Å². The predicted octanol–water partition coefficient (Wildman–Crippen LogP) is 3.86. The van der Waals surface area contributed by atoms with Crippen molar-refractivity contribution in [2.75, 3.05) is 44.2 Å². The van der Waals surface area contributed by atoms with Gasteiger partial charge in [-0.15, -0.1) is 0 Å². The van der Waals surface area contributed by atoms with Crippen LogP contribution in [0, 0.1) is 11.7 Å². The van der Waals surface area contributed by atoms with Crippen molar-refractivity contribution in [3.8, 4) is 0 Å². The minimum atomic E-state index is -0.388. The van der Waals surface area contributed by atoms with Crippen LogP contribution in [0.15, 0.2) is 29.0 Å². The summed E-state index contributed by atoms with van der Waals surface area (Å²) in [7, 11) is 0. The van der Waals surface area contributed by atoms with Gasteiger partial charge in [-0.3, -0.25) is 4.79 Å². The first-order chi connectivity index (χ1) is 16.0. The second kappa shape index (κ2) is 9.66. The third-order valence-electron chi connectivity index (χ3n) is 7.27. The van der Waals surface area contributed by atoms with Crippen LogP contribution in [0.1, 0.15) is 54.8 Å². The monoisotopic (exact) mass is 515 g/mol. The Balaban J connectivity index is 1.28. The van der Waals surface area contributed by atoms with Gasteiger partial charge in [-0.05, 0) is 77.7 Å². The number of nitrogens with one attached hydrogen (secondary N) is 1. The van der Waals surface area contributed by atoms with Crippen LogP contribution in [-0.4, -0.2) is 60.0 Å². The topological polar surface area (TPSA) is 61.4 Å².